The van der Waals surface area contributed by atoms with E-state index in [2.05, 4.69) is 30.9 Å². The second kappa shape index (κ2) is 8.94. The van der Waals surface area contributed by atoms with E-state index in [0.29, 0.717) is 12.6 Å². The highest BCUT2D eigenvalue weighted by Crippen LogP contribution is 2.14. The van der Waals surface area contributed by atoms with Gasteiger partial charge in [0.1, 0.15) is 5.75 Å². The van der Waals surface area contributed by atoms with Crippen molar-refractivity contribution in [3.05, 3.63) is 29.8 Å². The third kappa shape index (κ3) is 5.62. The quantitative estimate of drug-likeness (QED) is 0.697. The molecule has 0 aromatic heterocycles. The highest BCUT2D eigenvalue weighted by molar-refractivity contribution is 5.27. The fraction of sp³-hybridized carbons (Fsp3) is 0.625. The molecule has 3 nitrogen and oxygen atoms in total. The lowest BCUT2D eigenvalue weighted by Gasteiger charge is -2.28. The summed E-state index contributed by atoms with van der Waals surface area (Å²) < 4.78 is 5.17. The average Bonchev–Trinajstić information content (AvgIpc) is 2.44. The molecular weight excluding hydrogens is 238 g/mol. The van der Waals surface area contributed by atoms with Gasteiger partial charge < -0.3 is 14.7 Å². The van der Waals surface area contributed by atoms with Gasteiger partial charge in [-0.05, 0) is 57.0 Å². The fourth-order valence-electron chi connectivity index (χ4n) is 2.35. The molecule has 0 aliphatic rings. The van der Waals surface area contributed by atoms with Gasteiger partial charge in [0.05, 0.1) is 7.11 Å². The highest BCUT2D eigenvalue weighted by Gasteiger charge is 2.12. The number of aliphatic hydroxyl groups is 1. The summed E-state index contributed by atoms with van der Waals surface area (Å²) in [7, 11) is 1.69. The second-order valence-corrected chi connectivity index (χ2v) is 4.96. The summed E-state index contributed by atoms with van der Waals surface area (Å²) in [6, 6.07) is 8.83. The molecule has 1 aromatic carbocycles. The van der Waals surface area contributed by atoms with Crippen molar-refractivity contribution in [3.63, 3.8) is 0 Å². The smallest absolute Gasteiger partial charge is 0.118 e. The van der Waals surface area contributed by atoms with Crippen molar-refractivity contribution in [1.82, 2.24) is 4.90 Å². The molecule has 1 rings (SSSR count). The maximum atomic E-state index is 8.84. The summed E-state index contributed by atoms with van der Waals surface area (Å²) >= 11 is 0. The molecule has 1 atom stereocenters. The molecule has 19 heavy (non-hydrogen) atoms. The molecule has 0 unspecified atom stereocenters. The maximum absolute atomic E-state index is 8.84. The van der Waals surface area contributed by atoms with E-state index in [1.54, 1.807) is 7.11 Å². The van der Waals surface area contributed by atoms with Gasteiger partial charge in [-0.3, -0.25) is 0 Å². The minimum Gasteiger partial charge on any atom is -0.497 e. The van der Waals surface area contributed by atoms with Crippen LogP contribution in [0.5, 0.6) is 5.75 Å². The average molecular weight is 265 g/mol. The lowest BCUT2D eigenvalue weighted by Crippen LogP contribution is -2.35. The minimum atomic E-state index is 0.296. The molecule has 108 valence electrons. The van der Waals surface area contributed by atoms with Gasteiger partial charge in [-0.15, -0.1) is 0 Å². The largest absolute Gasteiger partial charge is 0.497 e. The third-order valence-electron chi connectivity index (χ3n) is 3.57. The molecule has 0 aliphatic carbocycles. The maximum Gasteiger partial charge on any atom is 0.118 e. The van der Waals surface area contributed by atoms with E-state index < -0.39 is 0 Å². The predicted molar refractivity (Wildman–Crippen MR) is 79.7 cm³/mol. The fourth-order valence-corrected chi connectivity index (χ4v) is 2.35. The summed E-state index contributed by atoms with van der Waals surface area (Å²) in [5.41, 5.74) is 1.34. The zero-order valence-electron chi connectivity index (χ0n) is 12.4. The number of likely N-dealkylation sites (N-methyl/N-ethyl adjacent to an activating group) is 1. The van der Waals surface area contributed by atoms with Crippen LogP contribution in [0.3, 0.4) is 0 Å². The van der Waals surface area contributed by atoms with Crippen molar-refractivity contribution in [2.75, 3.05) is 26.8 Å². The van der Waals surface area contributed by atoms with Crippen LogP contribution in [0.4, 0.5) is 0 Å². The van der Waals surface area contributed by atoms with Crippen LogP contribution in [-0.2, 0) is 6.42 Å². The van der Waals surface area contributed by atoms with Gasteiger partial charge in [0.15, 0.2) is 0 Å². The molecule has 0 fully saturated rings. The van der Waals surface area contributed by atoms with E-state index in [4.69, 9.17) is 9.84 Å². The Balaban J connectivity index is 2.47. The Morgan fingerprint density at radius 1 is 1.21 bits per heavy atom. The van der Waals surface area contributed by atoms with Crippen molar-refractivity contribution >= 4 is 0 Å². The number of unbranched alkanes of at least 4 members (excludes halogenated alkanes) is 1. The van der Waals surface area contributed by atoms with Crippen molar-refractivity contribution in [2.24, 2.45) is 0 Å². The molecule has 1 N–H and O–H groups in total. The van der Waals surface area contributed by atoms with Crippen LogP contribution in [0.1, 0.15) is 32.3 Å². The van der Waals surface area contributed by atoms with Crippen LogP contribution in [0.25, 0.3) is 0 Å². The highest BCUT2D eigenvalue weighted by atomic mass is 16.5. The van der Waals surface area contributed by atoms with Gasteiger partial charge in [0.25, 0.3) is 0 Å². The number of benzene rings is 1. The summed E-state index contributed by atoms with van der Waals surface area (Å²) in [5, 5.41) is 8.84. The Morgan fingerprint density at radius 3 is 2.42 bits per heavy atom. The summed E-state index contributed by atoms with van der Waals surface area (Å²) in [6.07, 6.45) is 3.01. The van der Waals surface area contributed by atoms with Gasteiger partial charge in [-0.2, -0.15) is 0 Å². The first-order valence-corrected chi connectivity index (χ1v) is 7.19. The summed E-state index contributed by atoms with van der Waals surface area (Å²) in [4.78, 5) is 2.47. The molecule has 0 bridgehead atoms. The molecule has 0 saturated carbocycles. The van der Waals surface area contributed by atoms with Crippen LogP contribution in [0, 0.1) is 0 Å². The van der Waals surface area contributed by atoms with Crippen LogP contribution in [-0.4, -0.2) is 42.9 Å². The standard InChI is InChI=1S/C16H27NO2/c1-4-17(11-5-6-12-18)14(2)13-15-7-9-16(19-3)10-8-15/h7-10,14,18H,4-6,11-13H2,1-3H3/t14-/m0/s1. The number of ether oxygens (including phenoxy) is 1. The molecule has 0 spiro atoms. The number of hydrogen-bond donors (Lipinski definition) is 1. The van der Waals surface area contributed by atoms with Crippen molar-refractivity contribution in [3.8, 4) is 5.75 Å². The molecule has 0 radical (unpaired) electrons. The second-order valence-electron chi connectivity index (χ2n) is 4.96. The lowest BCUT2D eigenvalue weighted by molar-refractivity contribution is 0.203. The number of nitrogens with zero attached hydrogens (tertiary/aromatic N) is 1. The normalized spacial score (nSPS) is 12.7. The predicted octanol–water partition coefficient (Wildman–Crippen LogP) is 2.72. The van der Waals surface area contributed by atoms with Crippen LogP contribution in [0.2, 0.25) is 0 Å². The summed E-state index contributed by atoms with van der Waals surface area (Å²) in [6.45, 7) is 6.89. The Morgan fingerprint density at radius 2 is 1.89 bits per heavy atom. The molecule has 0 heterocycles. The van der Waals surface area contributed by atoms with E-state index in [0.717, 1.165) is 38.1 Å². The van der Waals surface area contributed by atoms with Crippen LogP contribution < -0.4 is 4.74 Å². The summed E-state index contributed by atoms with van der Waals surface area (Å²) in [5.74, 6) is 0.909. The number of hydrogen-bond acceptors (Lipinski definition) is 3. The van der Waals surface area contributed by atoms with E-state index in [1.165, 1.54) is 5.56 Å². The Kier molecular flexibility index (Phi) is 7.53. The Hall–Kier alpha value is -1.06. The monoisotopic (exact) mass is 265 g/mol. The topological polar surface area (TPSA) is 32.7 Å². The number of aliphatic hydroxyl groups excluding tert-OH is 1. The first-order chi connectivity index (χ1) is 9.21. The van der Waals surface area contributed by atoms with Gasteiger partial charge >= 0.3 is 0 Å². The van der Waals surface area contributed by atoms with Gasteiger partial charge in [0.2, 0.25) is 0 Å². The lowest BCUT2D eigenvalue weighted by atomic mass is 10.1. The first kappa shape index (κ1) is 16.0. The zero-order valence-corrected chi connectivity index (χ0v) is 12.4. The third-order valence-corrected chi connectivity index (χ3v) is 3.57. The van der Waals surface area contributed by atoms with E-state index in [9.17, 15) is 0 Å². The van der Waals surface area contributed by atoms with Gasteiger partial charge in [-0.1, -0.05) is 19.1 Å². The van der Waals surface area contributed by atoms with Crippen molar-refractivity contribution in [2.45, 2.75) is 39.2 Å². The van der Waals surface area contributed by atoms with Crippen LogP contribution in [0.15, 0.2) is 24.3 Å². The molecule has 0 saturated heterocycles. The zero-order chi connectivity index (χ0) is 14.1. The number of methoxy groups -OCH3 is 1. The SMILES string of the molecule is CCN(CCCCO)[C@@H](C)Cc1ccc(OC)cc1. The molecule has 0 aliphatic heterocycles. The first-order valence-electron chi connectivity index (χ1n) is 7.19. The minimum absolute atomic E-state index is 0.296. The van der Waals surface area contributed by atoms with E-state index in [1.807, 2.05) is 12.1 Å². The molecule has 3 heteroatoms. The Labute approximate surface area is 117 Å². The van der Waals surface area contributed by atoms with Crippen molar-refractivity contribution in [1.29, 1.82) is 0 Å². The van der Waals surface area contributed by atoms with E-state index in [-0.39, 0.29) is 0 Å². The van der Waals surface area contributed by atoms with Crippen molar-refractivity contribution < 1.29 is 9.84 Å². The Bertz CT molecular complexity index is 337. The number of rotatable bonds is 9. The van der Waals surface area contributed by atoms with Gasteiger partial charge in [0, 0.05) is 12.6 Å². The van der Waals surface area contributed by atoms with Gasteiger partial charge in [-0.25, -0.2) is 0 Å². The molecular formula is C16H27NO2. The molecule has 0 amide bonds. The van der Waals surface area contributed by atoms with E-state index >= 15 is 0 Å². The van der Waals surface area contributed by atoms with Crippen LogP contribution >= 0.6 is 0 Å². The molecule has 1 aromatic rings.